The smallest absolute Gasteiger partial charge is 0.152 e. The summed E-state index contributed by atoms with van der Waals surface area (Å²) in [6.45, 7) is 2.11. The van der Waals surface area contributed by atoms with Crippen molar-refractivity contribution < 1.29 is 0 Å². The van der Waals surface area contributed by atoms with E-state index in [4.69, 9.17) is 11.6 Å². The number of hydrogen-bond acceptors (Lipinski definition) is 3. The highest BCUT2D eigenvalue weighted by Crippen LogP contribution is 2.25. The molecule has 2 aromatic rings. The van der Waals surface area contributed by atoms with Crippen LogP contribution >= 0.6 is 23.4 Å². The van der Waals surface area contributed by atoms with Crippen LogP contribution in [0.4, 0.5) is 5.69 Å². The maximum atomic E-state index is 6.03. The van der Waals surface area contributed by atoms with Crippen molar-refractivity contribution in [2.75, 3.05) is 11.6 Å². The van der Waals surface area contributed by atoms with E-state index >= 15 is 0 Å². The highest BCUT2D eigenvalue weighted by atomic mass is 35.5. The lowest BCUT2D eigenvalue weighted by Crippen LogP contribution is -2.07. The van der Waals surface area contributed by atoms with Gasteiger partial charge in [0.25, 0.3) is 0 Å². The number of hydrogen-bond donors (Lipinski definition) is 1. The summed E-state index contributed by atoms with van der Waals surface area (Å²) < 4.78 is 0. The van der Waals surface area contributed by atoms with E-state index in [-0.39, 0.29) is 6.04 Å². The van der Waals surface area contributed by atoms with Crippen molar-refractivity contribution in [3.63, 3.8) is 0 Å². The van der Waals surface area contributed by atoms with Gasteiger partial charge in [0, 0.05) is 17.1 Å². The van der Waals surface area contributed by atoms with Crippen LogP contribution in [0.5, 0.6) is 0 Å². The van der Waals surface area contributed by atoms with Gasteiger partial charge in [-0.25, -0.2) is 4.98 Å². The highest BCUT2D eigenvalue weighted by molar-refractivity contribution is 7.98. The Morgan fingerprint density at radius 1 is 1.22 bits per heavy atom. The van der Waals surface area contributed by atoms with E-state index in [1.54, 1.807) is 18.0 Å². The molecule has 0 aliphatic rings. The Kier molecular flexibility index (Phi) is 4.50. The van der Waals surface area contributed by atoms with Gasteiger partial charge in [-0.3, -0.25) is 0 Å². The van der Waals surface area contributed by atoms with Gasteiger partial charge in [-0.2, -0.15) is 0 Å². The Labute approximate surface area is 117 Å². The number of rotatable bonds is 4. The minimum Gasteiger partial charge on any atom is -0.376 e. The molecule has 0 aliphatic heterocycles. The van der Waals surface area contributed by atoms with Gasteiger partial charge in [-0.1, -0.05) is 23.7 Å². The molecule has 0 bridgehead atoms. The molecule has 0 aliphatic carbocycles. The van der Waals surface area contributed by atoms with Crippen molar-refractivity contribution >= 4 is 29.1 Å². The van der Waals surface area contributed by atoms with E-state index in [1.807, 2.05) is 12.1 Å². The van der Waals surface area contributed by atoms with Crippen molar-refractivity contribution in [3.8, 4) is 0 Å². The number of halogens is 1. The van der Waals surface area contributed by atoms with Gasteiger partial charge in [-0.05, 0) is 43.0 Å². The van der Waals surface area contributed by atoms with E-state index in [1.165, 1.54) is 10.5 Å². The molecule has 0 radical (unpaired) electrons. The highest BCUT2D eigenvalue weighted by Gasteiger charge is 2.07. The van der Waals surface area contributed by atoms with Crippen LogP contribution in [-0.2, 0) is 0 Å². The van der Waals surface area contributed by atoms with Gasteiger partial charge in [0.1, 0.15) is 0 Å². The molecule has 0 saturated heterocycles. The van der Waals surface area contributed by atoms with Gasteiger partial charge >= 0.3 is 0 Å². The minimum atomic E-state index is 0.197. The first-order chi connectivity index (χ1) is 8.70. The molecule has 1 unspecified atom stereocenters. The molecule has 0 saturated carbocycles. The van der Waals surface area contributed by atoms with Gasteiger partial charge < -0.3 is 5.32 Å². The Morgan fingerprint density at radius 3 is 2.56 bits per heavy atom. The number of thioether (sulfide) groups is 1. The number of aromatic nitrogens is 1. The second-order valence-corrected chi connectivity index (χ2v) is 5.22. The fraction of sp³-hybridized carbons (Fsp3) is 0.214. The van der Waals surface area contributed by atoms with Crippen LogP contribution < -0.4 is 5.32 Å². The molecule has 4 heteroatoms. The molecule has 0 amide bonds. The number of benzene rings is 1. The minimum absolute atomic E-state index is 0.197. The second-order valence-electron chi connectivity index (χ2n) is 3.98. The van der Waals surface area contributed by atoms with Crippen molar-refractivity contribution in [2.24, 2.45) is 0 Å². The van der Waals surface area contributed by atoms with E-state index in [0.29, 0.717) is 5.15 Å². The third kappa shape index (κ3) is 3.18. The number of nitrogens with zero attached hydrogens (tertiary/aromatic N) is 1. The molecule has 1 aromatic heterocycles. The van der Waals surface area contributed by atoms with Crippen LogP contribution in [-0.4, -0.2) is 11.2 Å². The Bertz CT molecular complexity index is 513. The fourth-order valence-electron chi connectivity index (χ4n) is 1.70. The largest absolute Gasteiger partial charge is 0.376 e. The summed E-state index contributed by atoms with van der Waals surface area (Å²) >= 11 is 7.77. The van der Waals surface area contributed by atoms with Gasteiger partial charge in [0.2, 0.25) is 0 Å². The molecule has 94 valence electrons. The molecule has 2 nitrogen and oxygen atoms in total. The van der Waals surface area contributed by atoms with Crippen LogP contribution in [0.3, 0.4) is 0 Å². The average Bonchev–Trinajstić information content (AvgIpc) is 2.41. The number of pyridine rings is 1. The molecule has 2 rings (SSSR count). The monoisotopic (exact) mass is 278 g/mol. The first-order valence-corrected chi connectivity index (χ1v) is 7.32. The van der Waals surface area contributed by atoms with E-state index in [2.05, 4.69) is 47.7 Å². The summed E-state index contributed by atoms with van der Waals surface area (Å²) in [6, 6.07) is 12.5. The van der Waals surface area contributed by atoms with E-state index < -0.39 is 0 Å². The van der Waals surface area contributed by atoms with Crippen LogP contribution in [0.1, 0.15) is 18.5 Å². The van der Waals surface area contributed by atoms with E-state index in [0.717, 1.165) is 5.69 Å². The van der Waals surface area contributed by atoms with Crippen LogP contribution in [0.25, 0.3) is 0 Å². The lowest BCUT2D eigenvalue weighted by Gasteiger charge is -2.16. The van der Waals surface area contributed by atoms with Crippen LogP contribution in [0.2, 0.25) is 5.15 Å². The Morgan fingerprint density at radius 2 is 1.94 bits per heavy atom. The Balaban J connectivity index is 2.11. The standard InChI is InChI=1S/C14H15ClN2S/c1-10(11-5-7-12(18-2)8-6-11)17-13-4-3-9-16-14(13)15/h3-10,17H,1-2H3. The van der Waals surface area contributed by atoms with Crippen molar-refractivity contribution in [1.82, 2.24) is 4.98 Å². The first-order valence-electron chi connectivity index (χ1n) is 5.71. The molecule has 1 atom stereocenters. The molecule has 1 N–H and O–H groups in total. The van der Waals surface area contributed by atoms with Crippen molar-refractivity contribution in [1.29, 1.82) is 0 Å². The van der Waals surface area contributed by atoms with Gasteiger partial charge in [0.05, 0.1) is 5.69 Å². The van der Waals surface area contributed by atoms with Gasteiger partial charge in [-0.15, -0.1) is 11.8 Å². The zero-order chi connectivity index (χ0) is 13.0. The van der Waals surface area contributed by atoms with Crippen molar-refractivity contribution in [2.45, 2.75) is 17.9 Å². The van der Waals surface area contributed by atoms with Gasteiger partial charge in [0.15, 0.2) is 5.15 Å². The molecule has 0 spiro atoms. The number of anilines is 1. The SMILES string of the molecule is CSc1ccc(C(C)Nc2cccnc2Cl)cc1. The predicted molar refractivity (Wildman–Crippen MR) is 79.5 cm³/mol. The van der Waals surface area contributed by atoms with Crippen molar-refractivity contribution in [3.05, 3.63) is 53.3 Å². The summed E-state index contributed by atoms with van der Waals surface area (Å²) in [7, 11) is 0. The zero-order valence-electron chi connectivity index (χ0n) is 10.4. The maximum Gasteiger partial charge on any atom is 0.152 e. The topological polar surface area (TPSA) is 24.9 Å². The quantitative estimate of drug-likeness (QED) is 0.652. The third-order valence-electron chi connectivity index (χ3n) is 2.75. The zero-order valence-corrected chi connectivity index (χ0v) is 11.9. The maximum absolute atomic E-state index is 6.03. The predicted octanol–water partition coefficient (Wildman–Crippen LogP) is 4.63. The summed E-state index contributed by atoms with van der Waals surface area (Å²) in [5.74, 6) is 0. The average molecular weight is 279 g/mol. The lowest BCUT2D eigenvalue weighted by molar-refractivity contribution is 0.881. The summed E-state index contributed by atoms with van der Waals surface area (Å²) in [6.07, 6.45) is 3.76. The normalized spacial score (nSPS) is 12.2. The molecular weight excluding hydrogens is 264 g/mol. The first kappa shape index (κ1) is 13.2. The second kappa shape index (κ2) is 6.12. The summed E-state index contributed by atoms with van der Waals surface area (Å²) in [5, 5.41) is 3.87. The van der Waals surface area contributed by atoms with Crippen LogP contribution in [0, 0.1) is 0 Å². The molecular formula is C14H15ClN2S. The van der Waals surface area contributed by atoms with E-state index in [9.17, 15) is 0 Å². The Hall–Kier alpha value is -1.19. The lowest BCUT2D eigenvalue weighted by atomic mass is 10.1. The summed E-state index contributed by atoms with van der Waals surface area (Å²) in [5.41, 5.74) is 2.09. The molecule has 1 heterocycles. The molecule has 0 fully saturated rings. The third-order valence-corrected chi connectivity index (χ3v) is 3.79. The number of nitrogens with one attached hydrogen (secondary N) is 1. The van der Waals surface area contributed by atoms with Crippen LogP contribution in [0.15, 0.2) is 47.5 Å². The summed E-state index contributed by atoms with van der Waals surface area (Å²) in [4.78, 5) is 5.32. The molecule has 1 aromatic carbocycles. The molecule has 18 heavy (non-hydrogen) atoms. The fourth-order valence-corrected chi connectivity index (χ4v) is 2.29.